The third-order valence-electron chi connectivity index (χ3n) is 4.87. The van der Waals surface area contributed by atoms with E-state index in [0.29, 0.717) is 18.6 Å². The number of ether oxygens (including phenoxy) is 1. The zero-order valence-corrected chi connectivity index (χ0v) is 14.4. The summed E-state index contributed by atoms with van der Waals surface area (Å²) < 4.78 is 5.74. The molecule has 1 saturated carbocycles. The van der Waals surface area contributed by atoms with Crippen LogP contribution < -0.4 is 10.1 Å². The first kappa shape index (κ1) is 16.6. The molecule has 1 heterocycles. The lowest BCUT2D eigenvalue weighted by Crippen LogP contribution is -2.46. The van der Waals surface area contributed by atoms with Crippen LogP contribution >= 0.6 is 11.6 Å². The number of benzene rings is 1. The lowest BCUT2D eigenvalue weighted by atomic mass is 10.0. The number of hydrogen-bond acceptors (Lipinski definition) is 3. The smallest absolute Gasteiger partial charge is 0.223 e. The largest absolute Gasteiger partial charge is 0.492 e. The number of halogens is 1. The molecule has 1 N–H and O–H groups in total. The van der Waals surface area contributed by atoms with Gasteiger partial charge in [0.2, 0.25) is 5.91 Å². The molecule has 0 aromatic heterocycles. The van der Waals surface area contributed by atoms with Crippen molar-refractivity contribution in [2.45, 2.75) is 32.2 Å². The Morgan fingerprint density at radius 2 is 1.96 bits per heavy atom. The molecule has 2 atom stereocenters. The molecular formula is C18H25ClN2O2. The third-order valence-corrected chi connectivity index (χ3v) is 5.12. The zero-order valence-electron chi connectivity index (χ0n) is 13.6. The van der Waals surface area contributed by atoms with Crippen LogP contribution in [-0.2, 0) is 4.79 Å². The molecule has 1 amide bonds. The molecule has 0 radical (unpaired) electrons. The van der Waals surface area contributed by atoms with Crippen LogP contribution in [0.1, 0.15) is 26.2 Å². The third kappa shape index (κ3) is 4.85. The van der Waals surface area contributed by atoms with Gasteiger partial charge in [-0.25, -0.2) is 0 Å². The Balaban J connectivity index is 1.31. The number of hydrogen-bond donors (Lipinski definition) is 1. The van der Waals surface area contributed by atoms with Crippen LogP contribution in [0.3, 0.4) is 0 Å². The summed E-state index contributed by atoms with van der Waals surface area (Å²) in [5, 5.41) is 3.93. The Bertz CT molecular complexity index is 526. The Hall–Kier alpha value is -1.26. The molecule has 23 heavy (non-hydrogen) atoms. The van der Waals surface area contributed by atoms with Gasteiger partial charge in [-0.15, -0.1) is 0 Å². The molecule has 1 aliphatic heterocycles. The molecule has 1 saturated heterocycles. The standard InChI is InChI=1S/C18H25ClN2O2/c1-13-12-17(13)18(22)20-15-6-8-21(9-7-15)10-11-23-16-4-2-14(19)3-5-16/h2-5,13,15,17H,6-12H2,1H3,(H,20,22)/t13-,17-/m0/s1. The van der Waals surface area contributed by atoms with Crippen LogP contribution in [0.5, 0.6) is 5.75 Å². The van der Waals surface area contributed by atoms with Crippen molar-refractivity contribution in [3.05, 3.63) is 29.3 Å². The van der Waals surface area contributed by atoms with Gasteiger partial charge in [0, 0.05) is 36.6 Å². The summed E-state index contributed by atoms with van der Waals surface area (Å²) in [7, 11) is 0. The lowest BCUT2D eigenvalue weighted by molar-refractivity contribution is -0.123. The molecule has 1 aliphatic carbocycles. The fraction of sp³-hybridized carbons (Fsp3) is 0.611. The molecule has 126 valence electrons. The van der Waals surface area contributed by atoms with Gasteiger partial charge in [0.1, 0.15) is 12.4 Å². The second-order valence-electron chi connectivity index (χ2n) is 6.75. The number of nitrogens with one attached hydrogen (secondary N) is 1. The fourth-order valence-corrected chi connectivity index (χ4v) is 3.25. The number of rotatable bonds is 6. The summed E-state index contributed by atoms with van der Waals surface area (Å²) in [6, 6.07) is 7.81. The maximum absolute atomic E-state index is 12.0. The molecule has 1 aromatic rings. The van der Waals surface area contributed by atoms with E-state index in [1.165, 1.54) is 0 Å². The summed E-state index contributed by atoms with van der Waals surface area (Å²) in [4.78, 5) is 14.4. The van der Waals surface area contributed by atoms with Crippen LogP contribution in [0.15, 0.2) is 24.3 Å². The Morgan fingerprint density at radius 1 is 1.30 bits per heavy atom. The molecule has 2 aliphatic rings. The number of amides is 1. The van der Waals surface area contributed by atoms with E-state index in [9.17, 15) is 4.79 Å². The van der Waals surface area contributed by atoms with Crippen molar-refractivity contribution in [2.24, 2.45) is 11.8 Å². The minimum atomic E-state index is 0.266. The van der Waals surface area contributed by atoms with Crippen LogP contribution in [0.2, 0.25) is 5.02 Å². The van der Waals surface area contributed by atoms with Gasteiger partial charge < -0.3 is 10.1 Å². The highest BCUT2D eigenvalue weighted by atomic mass is 35.5. The van der Waals surface area contributed by atoms with Gasteiger partial charge in [-0.1, -0.05) is 18.5 Å². The molecule has 0 spiro atoms. The van der Waals surface area contributed by atoms with E-state index < -0.39 is 0 Å². The Kier molecular flexibility index (Phi) is 5.44. The van der Waals surface area contributed by atoms with Crippen molar-refractivity contribution in [1.82, 2.24) is 10.2 Å². The summed E-state index contributed by atoms with van der Waals surface area (Å²) >= 11 is 5.85. The van der Waals surface area contributed by atoms with E-state index in [4.69, 9.17) is 16.3 Å². The molecular weight excluding hydrogens is 312 g/mol. The van der Waals surface area contributed by atoms with Crippen molar-refractivity contribution >= 4 is 17.5 Å². The number of piperidine rings is 1. The van der Waals surface area contributed by atoms with Crippen molar-refractivity contribution < 1.29 is 9.53 Å². The molecule has 0 bridgehead atoms. The molecule has 5 heteroatoms. The number of carbonyl (C=O) groups is 1. The van der Waals surface area contributed by atoms with E-state index in [-0.39, 0.29) is 11.8 Å². The normalized spacial score (nSPS) is 25.1. The first-order valence-corrected chi connectivity index (χ1v) is 8.90. The van der Waals surface area contributed by atoms with Gasteiger partial charge in [-0.2, -0.15) is 0 Å². The highest BCUT2D eigenvalue weighted by Gasteiger charge is 2.39. The quantitative estimate of drug-likeness (QED) is 0.868. The minimum absolute atomic E-state index is 0.266. The van der Waals surface area contributed by atoms with Crippen molar-refractivity contribution in [3.63, 3.8) is 0 Å². The molecule has 4 nitrogen and oxygen atoms in total. The first-order valence-electron chi connectivity index (χ1n) is 8.53. The highest BCUT2D eigenvalue weighted by Crippen LogP contribution is 2.37. The second kappa shape index (κ2) is 7.54. The number of carbonyl (C=O) groups excluding carboxylic acids is 1. The predicted octanol–water partition coefficient (Wildman–Crippen LogP) is 2.96. The van der Waals surface area contributed by atoms with Gasteiger partial charge in [0.05, 0.1) is 0 Å². The summed E-state index contributed by atoms with van der Waals surface area (Å²) in [6.45, 7) is 5.79. The minimum Gasteiger partial charge on any atom is -0.492 e. The van der Waals surface area contributed by atoms with Crippen LogP contribution in [0, 0.1) is 11.8 Å². The van der Waals surface area contributed by atoms with E-state index >= 15 is 0 Å². The van der Waals surface area contributed by atoms with E-state index in [1.54, 1.807) is 0 Å². The Morgan fingerprint density at radius 3 is 2.57 bits per heavy atom. The first-order chi connectivity index (χ1) is 11.1. The van der Waals surface area contributed by atoms with Crippen LogP contribution in [-0.4, -0.2) is 43.1 Å². The fourth-order valence-electron chi connectivity index (χ4n) is 3.12. The summed E-state index contributed by atoms with van der Waals surface area (Å²) in [5.41, 5.74) is 0. The summed E-state index contributed by atoms with van der Waals surface area (Å²) in [5.74, 6) is 1.98. The van der Waals surface area contributed by atoms with Gasteiger partial charge in [-0.3, -0.25) is 9.69 Å². The van der Waals surface area contributed by atoms with Gasteiger partial charge in [-0.05, 0) is 49.4 Å². The maximum Gasteiger partial charge on any atom is 0.223 e. The molecule has 0 unspecified atom stereocenters. The van der Waals surface area contributed by atoms with Crippen molar-refractivity contribution in [2.75, 3.05) is 26.2 Å². The van der Waals surface area contributed by atoms with Gasteiger partial charge in [0.25, 0.3) is 0 Å². The van der Waals surface area contributed by atoms with E-state index in [1.807, 2.05) is 24.3 Å². The number of nitrogens with zero attached hydrogens (tertiary/aromatic N) is 1. The summed E-state index contributed by atoms with van der Waals surface area (Å²) in [6.07, 6.45) is 3.13. The molecule has 2 fully saturated rings. The number of likely N-dealkylation sites (tertiary alicyclic amines) is 1. The van der Waals surface area contributed by atoms with Crippen molar-refractivity contribution in [1.29, 1.82) is 0 Å². The second-order valence-corrected chi connectivity index (χ2v) is 7.18. The SMILES string of the molecule is C[C@H]1C[C@@H]1C(=O)NC1CCN(CCOc2ccc(Cl)cc2)CC1. The van der Waals surface area contributed by atoms with Gasteiger partial charge >= 0.3 is 0 Å². The Labute approximate surface area is 143 Å². The average molecular weight is 337 g/mol. The molecule has 1 aromatic carbocycles. The highest BCUT2D eigenvalue weighted by molar-refractivity contribution is 6.30. The monoisotopic (exact) mass is 336 g/mol. The zero-order chi connectivity index (χ0) is 16.2. The predicted molar refractivity (Wildman–Crippen MR) is 91.8 cm³/mol. The van der Waals surface area contributed by atoms with Crippen LogP contribution in [0.4, 0.5) is 0 Å². The van der Waals surface area contributed by atoms with E-state index in [0.717, 1.165) is 49.7 Å². The maximum atomic E-state index is 12.0. The molecule has 3 rings (SSSR count). The lowest BCUT2D eigenvalue weighted by Gasteiger charge is -2.32. The topological polar surface area (TPSA) is 41.6 Å². The average Bonchev–Trinajstić information content (AvgIpc) is 3.28. The van der Waals surface area contributed by atoms with Gasteiger partial charge in [0.15, 0.2) is 0 Å². The van der Waals surface area contributed by atoms with Crippen LogP contribution in [0.25, 0.3) is 0 Å². The van der Waals surface area contributed by atoms with Crippen molar-refractivity contribution in [3.8, 4) is 5.75 Å². The van der Waals surface area contributed by atoms with E-state index in [2.05, 4.69) is 17.1 Å².